The number of nitrogens with zero attached hydrogens (tertiary/aromatic N) is 3. The van der Waals surface area contributed by atoms with Crippen LogP contribution in [-0.2, 0) is 0 Å². The number of aromatic amines is 1. The largest absolute Gasteiger partial charge is 0.342 e. The summed E-state index contributed by atoms with van der Waals surface area (Å²) in [5.41, 5.74) is 1.76. The summed E-state index contributed by atoms with van der Waals surface area (Å²) >= 11 is 6.12. The molecule has 2 heterocycles. The van der Waals surface area contributed by atoms with Crippen molar-refractivity contribution < 1.29 is 9.59 Å². The monoisotopic (exact) mass is 463 g/mol. The number of aromatic nitrogens is 2. The summed E-state index contributed by atoms with van der Waals surface area (Å²) in [5, 5.41) is 25.4. The van der Waals surface area contributed by atoms with E-state index >= 15 is 0 Å². The Morgan fingerprint density at radius 2 is 1.97 bits per heavy atom. The van der Waals surface area contributed by atoms with Crippen molar-refractivity contribution in [3.8, 4) is 6.07 Å². The molecule has 0 unspecified atom stereocenters. The Hall–Kier alpha value is -4.03. The number of benzene rings is 2. The van der Waals surface area contributed by atoms with E-state index in [9.17, 15) is 14.9 Å². The lowest BCUT2D eigenvalue weighted by Crippen LogP contribution is -2.71. The highest BCUT2D eigenvalue weighted by Crippen LogP contribution is 2.28. The molecule has 0 radical (unpaired) electrons. The number of para-hydroxylation sites is 1. The highest BCUT2D eigenvalue weighted by Gasteiger charge is 2.46. The topological polar surface area (TPSA) is 126 Å². The van der Waals surface area contributed by atoms with Crippen LogP contribution in [0.15, 0.2) is 54.7 Å². The smallest absolute Gasteiger partial charge is 0.322 e. The summed E-state index contributed by atoms with van der Waals surface area (Å²) in [5.74, 6) is 0.0544. The predicted octanol–water partition coefficient (Wildman–Crippen LogP) is 4.05. The number of carbonyl (C=O) groups excluding carboxylic acids is 2. The lowest BCUT2D eigenvalue weighted by molar-refractivity contribution is 0.0609. The van der Waals surface area contributed by atoms with Crippen LogP contribution in [0.3, 0.4) is 0 Å². The highest BCUT2D eigenvalue weighted by atomic mass is 35.5. The van der Waals surface area contributed by atoms with Crippen molar-refractivity contribution in [2.75, 3.05) is 23.7 Å². The number of likely N-dealkylation sites (tertiary alicyclic amines) is 1. The quantitative estimate of drug-likeness (QED) is 0.438. The van der Waals surface area contributed by atoms with Crippen LogP contribution in [-0.4, -0.2) is 45.7 Å². The molecule has 1 fully saturated rings. The van der Waals surface area contributed by atoms with E-state index in [0.717, 1.165) is 11.3 Å². The molecule has 1 aliphatic rings. The molecule has 33 heavy (non-hydrogen) atoms. The average molecular weight is 464 g/mol. The molecule has 10 heteroatoms. The first-order valence-electron chi connectivity index (χ1n) is 10.3. The van der Waals surface area contributed by atoms with Crippen LogP contribution in [0.25, 0.3) is 0 Å². The maximum Gasteiger partial charge on any atom is 0.322 e. The molecule has 3 aromatic rings. The second-order valence-corrected chi connectivity index (χ2v) is 8.38. The minimum Gasteiger partial charge on any atom is -0.342 e. The van der Waals surface area contributed by atoms with Gasteiger partial charge in [0.1, 0.15) is 11.4 Å². The zero-order valence-corrected chi connectivity index (χ0v) is 18.6. The van der Waals surface area contributed by atoms with Crippen LogP contribution in [0.5, 0.6) is 0 Å². The van der Waals surface area contributed by atoms with E-state index < -0.39 is 5.54 Å². The van der Waals surface area contributed by atoms with Gasteiger partial charge in [-0.2, -0.15) is 10.4 Å². The number of hydrogen-bond acceptors (Lipinski definition) is 5. The van der Waals surface area contributed by atoms with Gasteiger partial charge >= 0.3 is 6.03 Å². The number of aryl methyl sites for hydroxylation is 1. The Balaban J connectivity index is 1.40. The molecule has 4 N–H and O–H groups in total. The molecule has 3 amide bonds. The zero-order chi connectivity index (χ0) is 23.4. The highest BCUT2D eigenvalue weighted by molar-refractivity contribution is 6.31. The molecule has 0 saturated carbocycles. The van der Waals surface area contributed by atoms with Crippen LogP contribution in [0, 0.1) is 18.3 Å². The molecule has 0 aliphatic carbocycles. The van der Waals surface area contributed by atoms with Gasteiger partial charge in [-0.3, -0.25) is 9.89 Å². The molecule has 1 aromatic heterocycles. The normalized spacial score (nSPS) is 14.0. The van der Waals surface area contributed by atoms with Gasteiger partial charge in [0.25, 0.3) is 5.91 Å². The summed E-state index contributed by atoms with van der Waals surface area (Å²) < 4.78 is 0. The molecule has 0 atom stereocenters. The summed E-state index contributed by atoms with van der Waals surface area (Å²) in [4.78, 5) is 27.1. The standard InChI is InChI=1S/C23H22ClN7O2/c1-15-7-8-17(11-19(15)24)28-22(33)31-13-23(14-31,9-10-25)29-21(32)18-12-26-30-20(18)27-16-5-3-2-4-6-16/h2-8,11-12H,9,13-14H2,1H3,(H,28,33)(H,29,32)(H2,26,27,30). The number of nitrogens with one attached hydrogen (secondary N) is 4. The second kappa shape index (κ2) is 9.22. The van der Waals surface area contributed by atoms with Crippen molar-refractivity contribution in [3.63, 3.8) is 0 Å². The molecule has 0 spiro atoms. The fraction of sp³-hybridized carbons (Fsp3) is 0.217. The SMILES string of the molecule is Cc1ccc(NC(=O)N2CC(CC#N)(NC(=O)c3cn[nH]c3Nc3ccccc3)C2)cc1Cl. The van der Waals surface area contributed by atoms with E-state index in [1.54, 1.807) is 12.1 Å². The number of H-pyrrole nitrogens is 1. The second-order valence-electron chi connectivity index (χ2n) is 7.97. The van der Waals surface area contributed by atoms with Crippen LogP contribution in [0.4, 0.5) is 22.0 Å². The molecule has 0 bridgehead atoms. The van der Waals surface area contributed by atoms with Crippen molar-refractivity contribution >= 4 is 40.7 Å². The first kappa shape index (κ1) is 22.2. The van der Waals surface area contributed by atoms with Crippen LogP contribution < -0.4 is 16.0 Å². The van der Waals surface area contributed by atoms with E-state index in [2.05, 4.69) is 32.2 Å². The zero-order valence-electron chi connectivity index (χ0n) is 17.9. The Morgan fingerprint density at radius 3 is 2.67 bits per heavy atom. The number of amides is 3. The van der Waals surface area contributed by atoms with Gasteiger partial charge in [0.2, 0.25) is 0 Å². The number of rotatable bonds is 6. The minimum absolute atomic E-state index is 0.0676. The maximum atomic E-state index is 13.0. The van der Waals surface area contributed by atoms with E-state index in [-0.39, 0.29) is 31.4 Å². The maximum absolute atomic E-state index is 13.0. The molecule has 2 aromatic carbocycles. The lowest BCUT2D eigenvalue weighted by atomic mass is 9.86. The number of urea groups is 1. The number of nitriles is 1. The molecule has 1 aliphatic heterocycles. The van der Waals surface area contributed by atoms with Gasteiger partial charge in [-0.15, -0.1) is 0 Å². The molecule has 1 saturated heterocycles. The number of carbonyl (C=O) groups is 2. The first-order valence-corrected chi connectivity index (χ1v) is 10.6. The van der Waals surface area contributed by atoms with E-state index in [1.807, 2.05) is 43.3 Å². The first-order chi connectivity index (χ1) is 15.9. The molecular formula is C23H22ClN7O2. The number of halogens is 1. The number of anilines is 3. The summed E-state index contributed by atoms with van der Waals surface area (Å²) in [6.07, 6.45) is 1.49. The fourth-order valence-electron chi connectivity index (χ4n) is 3.62. The van der Waals surface area contributed by atoms with Crippen molar-refractivity contribution in [1.82, 2.24) is 20.4 Å². The van der Waals surface area contributed by atoms with Crippen molar-refractivity contribution in [2.24, 2.45) is 0 Å². The third-order valence-corrected chi connectivity index (χ3v) is 5.83. The Morgan fingerprint density at radius 1 is 1.21 bits per heavy atom. The third-order valence-electron chi connectivity index (χ3n) is 5.42. The van der Waals surface area contributed by atoms with E-state index in [1.165, 1.54) is 11.1 Å². The van der Waals surface area contributed by atoms with Gasteiger partial charge in [0.05, 0.1) is 24.2 Å². The van der Waals surface area contributed by atoms with Crippen molar-refractivity contribution in [1.29, 1.82) is 5.26 Å². The van der Waals surface area contributed by atoms with E-state index in [4.69, 9.17) is 11.6 Å². The van der Waals surface area contributed by atoms with Crippen molar-refractivity contribution in [2.45, 2.75) is 18.9 Å². The van der Waals surface area contributed by atoms with E-state index in [0.29, 0.717) is 22.1 Å². The van der Waals surface area contributed by atoms with Crippen molar-refractivity contribution in [3.05, 3.63) is 70.9 Å². The Bertz CT molecular complexity index is 1210. The fourth-order valence-corrected chi connectivity index (χ4v) is 3.80. The lowest BCUT2D eigenvalue weighted by Gasteiger charge is -2.49. The third kappa shape index (κ3) is 4.91. The predicted molar refractivity (Wildman–Crippen MR) is 126 cm³/mol. The van der Waals surface area contributed by atoms with Gasteiger partial charge in [-0.05, 0) is 36.8 Å². The summed E-state index contributed by atoms with van der Waals surface area (Å²) in [6, 6.07) is 16.4. The molecule has 9 nitrogen and oxygen atoms in total. The molecule has 4 rings (SSSR count). The van der Waals surface area contributed by atoms with Crippen LogP contribution in [0.2, 0.25) is 5.02 Å². The van der Waals surface area contributed by atoms with Gasteiger partial charge in [-0.25, -0.2) is 4.79 Å². The minimum atomic E-state index is -0.838. The Kier molecular flexibility index (Phi) is 6.20. The molecule has 168 valence electrons. The molecular weight excluding hydrogens is 442 g/mol. The van der Waals surface area contributed by atoms with Crippen LogP contribution in [0.1, 0.15) is 22.3 Å². The van der Waals surface area contributed by atoms with Gasteiger partial charge in [0, 0.05) is 29.5 Å². The Labute approximate surface area is 195 Å². The van der Waals surface area contributed by atoms with Gasteiger partial charge < -0.3 is 20.9 Å². The number of hydrogen-bond donors (Lipinski definition) is 4. The van der Waals surface area contributed by atoms with Gasteiger partial charge in [-0.1, -0.05) is 35.9 Å². The average Bonchev–Trinajstić information content (AvgIpc) is 3.23. The summed E-state index contributed by atoms with van der Waals surface area (Å²) in [6.45, 7) is 2.29. The van der Waals surface area contributed by atoms with Gasteiger partial charge in [0.15, 0.2) is 0 Å². The van der Waals surface area contributed by atoms with Crippen LogP contribution >= 0.6 is 11.6 Å². The summed E-state index contributed by atoms with van der Waals surface area (Å²) in [7, 11) is 0.